The summed E-state index contributed by atoms with van der Waals surface area (Å²) in [6.45, 7) is 0.219. The van der Waals surface area contributed by atoms with E-state index >= 15 is 0 Å². The van der Waals surface area contributed by atoms with Gasteiger partial charge in [-0.05, 0) is 85.8 Å². The molecule has 2 aliphatic rings. The minimum atomic E-state index is -4.54. The summed E-state index contributed by atoms with van der Waals surface area (Å²) in [5.41, 5.74) is 2.53. The summed E-state index contributed by atoms with van der Waals surface area (Å²) in [6.07, 6.45) is -0.120. The number of aryl methyl sites for hydroxylation is 1. The molecule has 10 heteroatoms. The number of alkyl halides is 3. The first-order valence-electron chi connectivity index (χ1n) is 12.4. The number of hydrogen-bond acceptors (Lipinski definition) is 5. The molecule has 0 unspecified atom stereocenters. The van der Waals surface area contributed by atoms with Gasteiger partial charge in [0.2, 0.25) is 5.91 Å². The van der Waals surface area contributed by atoms with Crippen molar-refractivity contribution >= 4 is 17.6 Å². The molecule has 0 fully saturated rings. The number of rotatable bonds is 6. The van der Waals surface area contributed by atoms with E-state index in [1.54, 1.807) is 19.3 Å². The number of halogens is 3. The third kappa shape index (κ3) is 5.65. The third-order valence-electron chi connectivity index (χ3n) is 6.81. The summed E-state index contributed by atoms with van der Waals surface area (Å²) in [4.78, 5) is 28.9. The van der Waals surface area contributed by atoms with Gasteiger partial charge in [-0.2, -0.15) is 13.2 Å². The lowest BCUT2D eigenvalue weighted by Gasteiger charge is -2.26. The second-order valence-corrected chi connectivity index (χ2v) is 9.58. The van der Waals surface area contributed by atoms with Crippen LogP contribution in [0.15, 0.2) is 48.7 Å². The first kappa shape index (κ1) is 25.7. The number of hydrogen-bond donors (Lipinski definition) is 3. The molecule has 3 N–H and O–H groups in total. The number of nitrogens with one attached hydrogen (secondary N) is 3. The highest BCUT2D eigenvalue weighted by Gasteiger charge is 2.32. The zero-order valence-electron chi connectivity index (χ0n) is 20.7. The van der Waals surface area contributed by atoms with Crippen molar-refractivity contribution in [3.05, 3.63) is 82.0 Å². The first-order valence-corrected chi connectivity index (χ1v) is 12.4. The van der Waals surface area contributed by atoms with Crippen molar-refractivity contribution in [1.82, 2.24) is 15.6 Å². The van der Waals surface area contributed by atoms with Gasteiger partial charge in [-0.3, -0.25) is 9.59 Å². The zero-order valence-corrected chi connectivity index (χ0v) is 20.7. The maximum atomic E-state index is 13.4. The predicted octanol–water partition coefficient (Wildman–Crippen LogP) is 4.78. The third-order valence-corrected chi connectivity index (χ3v) is 6.81. The van der Waals surface area contributed by atoms with Crippen molar-refractivity contribution in [2.45, 2.75) is 50.9 Å². The van der Waals surface area contributed by atoms with Crippen molar-refractivity contribution in [2.24, 2.45) is 0 Å². The number of benzene rings is 2. The van der Waals surface area contributed by atoms with E-state index in [0.29, 0.717) is 48.6 Å². The van der Waals surface area contributed by atoms with Crippen LogP contribution in [0.4, 0.5) is 19.0 Å². The maximum Gasteiger partial charge on any atom is 0.416 e. The molecule has 0 saturated carbocycles. The lowest BCUT2D eigenvalue weighted by Crippen LogP contribution is -2.39. The Hall–Kier alpha value is -3.92. The Morgan fingerprint density at radius 3 is 2.74 bits per heavy atom. The standard InChI is InChI=1S/C28H27F3N4O3/c1-32-15-16-10-19(12-20(11-16)28(29,30)31)27(37)34-21-4-2-17-3-5-22(14-18(17)13-21)38-24-8-9-33-26-23(24)6-7-25(36)35-26/h3,5,8-12,14,21,32H,2,4,6-7,13,15H2,1H3,(H,34,37)(H,33,35,36)/t21-/m1/s1. The van der Waals surface area contributed by atoms with Crippen LogP contribution in [0, 0.1) is 0 Å². The van der Waals surface area contributed by atoms with E-state index in [-0.39, 0.29) is 24.1 Å². The highest BCUT2D eigenvalue weighted by molar-refractivity contribution is 5.95. The zero-order chi connectivity index (χ0) is 26.9. The van der Waals surface area contributed by atoms with Crippen molar-refractivity contribution in [3.8, 4) is 11.5 Å². The Morgan fingerprint density at radius 2 is 1.95 bits per heavy atom. The second kappa shape index (κ2) is 10.4. The fraction of sp³-hybridized carbons (Fsp3) is 0.321. The van der Waals surface area contributed by atoms with E-state index in [0.717, 1.165) is 35.2 Å². The van der Waals surface area contributed by atoms with E-state index in [1.165, 1.54) is 6.07 Å². The number of pyridine rings is 1. The fourth-order valence-corrected chi connectivity index (χ4v) is 4.96. The van der Waals surface area contributed by atoms with Crippen LogP contribution in [0.2, 0.25) is 0 Å². The Bertz CT molecular complexity index is 1390. The molecule has 1 aliphatic heterocycles. The maximum absolute atomic E-state index is 13.4. The molecular weight excluding hydrogens is 497 g/mol. The molecule has 1 atom stereocenters. The summed E-state index contributed by atoms with van der Waals surface area (Å²) in [6, 6.07) is 10.8. The molecule has 7 nitrogen and oxygen atoms in total. The number of anilines is 1. The average molecular weight is 525 g/mol. The van der Waals surface area contributed by atoms with Crippen LogP contribution < -0.4 is 20.7 Å². The fourth-order valence-electron chi connectivity index (χ4n) is 4.96. The first-order chi connectivity index (χ1) is 18.2. The minimum Gasteiger partial charge on any atom is -0.457 e. The molecule has 1 aromatic heterocycles. The molecule has 0 radical (unpaired) electrons. The summed E-state index contributed by atoms with van der Waals surface area (Å²) in [5.74, 6) is 1.15. The number of carbonyl (C=O) groups excluding carboxylic acids is 2. The van der Waals surface area contributed by atoms with E-state index in [2.05, 4.69) is 20.9 Å². The lowest BCUT2D eigenvalue weighted by molar-refractivity contribution is -0.137. The van der Waals surface area contributed by atoms with Gasteiger partial charge in [0.1, 0.15) is 17.3 Å². The average Bonchev–Trinajstić information content (AvgIpc) is 2.88. The number of fused-ring (bicyclic) bond motifs is 2. The Labute approximate surface area is 217 Å². The molecule has 2 aromatic carbocycles. The van der Waals surface area contributed by atoms with Crippen molar-refractivity contribution in [2.75, 3.05) is 12.4 Å². The lowest BCUT2D eigenvalue weighted by atomic mass is 9.88. The van der Waals surface area contributed by atoms with Crippen LogP contribution >= 0.6 is 0 Å². The topological polar surface area (TPSA) is 92.3 Å². The summed E-state index contributed by atoms with van der Waals surface area (Å²) in [5, 5.41) is 8.51. The van der Waals surface area contributed by atoms with E-state index in [9.17, 15) is 22.8 Å². The summed E-state index contributed by atoms with van der Waals surface area (Å²) >= 11 is 0. The molecule has 0 spiro atoms. The van der Waals surface area contributed by atoms with Gasteiger partial charge in [0, 0.05) is 36.3 Å². The summed E-state index contributed by atoms with van der Waals surface area (Å²) < 4.78 is 46.3. The van der Waals surface area contributed by atoms with Crippen LogP contribution in [0.25, 0.3) is 0 Å². The van der Waals surface area contributed by atoms with Gasteiger partial charge in [0.15, 0.2) is 0 Å². The molecule has 3 aromatic rings. The van der Waals surface area contributed by atoms with Gasteiger partial charge in [0.05, 0.1) is 5.56 Å². The molecule has 5 rings (SSSR count). The van der Waals surface area contributed by atoms with E-state index in [1.807, 2.05) is 18.2 Å². The number of nitrogens with zero attached hydrogens (tertiary/aromatic N) is 1. The molecule has 1 aliphatic carbocycles. The normalized spacial score (nSPS) is 16.7. The van der Waals surface area contributed by atoms with Gasteiger partial charge in [0.25, 0.3) is 5.91 Å². The van der Waals surface area contributed by atoms with Crippen LogP contribution in [0.5, 0.6) is 11.5 Å². The van der Waals surface area contributed by atoms with Crippen LogP contribution in [0.1, 0.15) is 51.0 Å². The highest BCUT2D eigenvalue weighted by Crippen LogP contribution is 2.35. The highest BCUT2D eigenvalue weighted by atomic mass is 19.4. The molecule has 38 heavy (non-hydrogen) atoms. The van der Waals surface area contributed by atoms with Crippen LogP contribution in [-0.2, 0) is 36.8 Å². The van der Waals surface area contributed by atoms with E-state index in [4.69, 9.17) is 4.74 Å². The largest absolute Gasteiger partial charge is 0.457 e. The molecule has 198 valence electrons. The molecular formula is C28H27F3N4O3. The van der Waals surface area contributed by atoms with Gasteiger partial charge >= 0.3 is 6.18 Å². The van der Waals surface area contributed by atoms with Gasteiger partial charge in [-0.25, -0.2) is 4.98 Å². The Kier molecular flexibility index (Phi) is 7.07. The smallest absolute Gasteiger partial charge is 0.416 e. The van der Waals surface area contributed by atoms with Crippen molar-refractivity contribution in [3.63, 3.8) is 0 Å². The number of amides is 2. The predicted molar refractivity (Wildman–Crippen MR) is 135 cm³/mol. The van der Waals surface area contributed by atoms with Crippen molar-refractivity contribution < 1.29 is 27.5 Å². The van der Waals surface area contributed by atoms with Crippen LogP contribution in [0.3, 0.4) is 0 Å². The van der Waals surface area contributed by atoms with Gasteiger partial charge in [-0.15, -0.1) is 0 Å². The van der Waals surface area contributed by atoms with Crippen LogP contribution in [-0.4, -0.2) is 29.9 Å². The number of ether oxygens (including phenoxy) is 1. The second-order valence-electron chi connectivity index (χ2n) is 9.58. The van der Waals surface area contributed by atoms with E-state index < -0.39 is 17.6 Å². The minimum absolute atomic E-state index is 0.0116. The molecule has 0 bridgehead atoms. The Morgan fingerprint density at radius 1 is 1.11 bits per heavy atom. The van der Waals surface area contributed by atoms with Gasteiger partial charge in [-0.1, -0.05) is 6.07 Å². The summed E-state index contributed by atoms with van der Waals surface area (Å²) in [7, 11) is 1.64. The Balaban J connectivity index is 1.31. The molecule has 2 heterocycles. The number of carbonyl (C=O) groups is 2. The van der Waals surface area contributed by atoms with Crippen molar-refractivity contribution in [1.29, 1.82) is 0 Å². The quantitative estimate of drug-likeness (QED) is 0.432. The number of aromatic nitrogens is 1. The molecule has 0 saturated heterocycles. The SMILES string of the molecule is CNCc1cc(C(=O)N[C@@H]2CCc3ccc(Oc4ccnc5c4CCC(=O)N5)cc3C2)cc(C(F)(F)F)c1. The van der Waals surface area contributed by atoms with Gasteiger partial charge < -0.3 is 20.7 Å². The molecule has 2 amide bonds. The monoisotopic (exact) mass is 524 g/mol.